The van der Waals surface area contributed by atoms with E-state index in [4.69, 9.17) is 9.47 Å². The summed E-state index contributed by atoms with van der Waals surface area (Å²) in [6.45, 7) is 3.50. The number of unbranched alkanes of at least 4 members (excludes halogenated alkanes) is 49. The molecule has 0 saturated carbocycles. The van der Waals surface area contributed by atoms with E-state index in [1.165, 1.54) is 289 Å². The van der Waals surface area contributed by atoms with Gasteiger partial charge in [0.25, 0.3) is 0 Å². The molecule has 1 fully saturated rings. The van der Waals surface area contributed by atoms with Gasteiger partial charge in [0, 0.05) is 0 Å². The second kappa shape index (κ2) is 67.1. The van der Waals surface area contributed by atoms with Crippen molar-refractivity contribution in [2.45, 2.75) is 435 Å². The number of rotatable bonds is 69. The smallest absolute Gasteiger partial charge is 0.249 e. The third-order valence-corrected chi connectivity index (χ3v) is 18.8. The lowest BCUT2D eigenvalue weighted by Crippen LogP contribution is -2.60. The molecule has 530 valence electrons. The molecular formula is C79H149NO10. The monoisotopic (exact) mass is 1270 g/mol. The van der Waals surface area contributed by atoms with Crippen LogP contribution in [0.1, 0.15) is 380 Å². The number of allylic oxidation sites excluding steroid dienone is 8. The average Bonchev–Trinajstić information content (AvgIpc) is 1.44. The Labute approximate surface area is 555 Å². The van der Waals surface area contributed by atoms with Crippen molar-refractivity contribution in [2.75, 3.05) is 13.2 Å². The molecule has 1 amide bonds. The molecule has 1 rings (SSSR count). The Hall–Kier alpha value is -1.93. The van der Waals surface area contributed by atoms with Gasteiger partial charge in [-0.05, 0) is 83.5 Å². The van der Waals surface area contributed by atoms with Gasteiger partial charge < -0.3 is 50.5 Å². The first-order valence-corrected chi connectivity index (χ1v) is 39.0. The Kier molecular flexibility index (Phi) is 64.1. The fraction of sp³-hybridized carbons (Fsp3) is 0.886. The van der Waals surface area contributed by atoms with Crippen molar-refractivity contribution >= 4 is 5.91 Å². The van der Waals surface area contributed by atoms with Crippen LogP contribution in [0.25, 0.3) is 0 Å². The lowest BCUT2D eigenvalue weighted by Gasteiger charge is -2.40. The molecule has 9 atom stereocenters. The van der Waals surface area contributed by atoms with Crippen molar-refractivity contribution < 1.29 is 50.0 Å². The number of carbonyl (C=O) groups is 1. The lowest BCUT2D eigenvalue weighted by atomic mass is 9.98. The molecule has 1 aliphatic heterocycles. The maximum absolute atomic E-state index is 13.3. The molecule has 9 unspecified atom stereocenters. The van der Waals surface area contributed by atoms with Gasteiger partial charge in [-0.3, -0.25) is 4.79 Å². The summed E-state index contributed by atoms with van der Waals surface area (Å²) in [6, 6.07) is -1.19. The van der Waals surface area contributed by atoms with E-state index in [2.05, 4.69) is 67.8 Å². The molecule has 0 spiro atoms. The number of aliphatic hydroxyl groups is 7. The number of hydrogen-bond donors (Lipinski definition) is 8. The SMILES string of the molecule is CCCCCCCCCCCCCCC/C=C\C/C=C\CCCCCCCCCCCCCCCCCCC(O)C(=O)NC(COC1OC(CO)C(O)C(O)C1O)C(O)C(O)CCC/C=C/CC/C=C/CCCCCCCCCCCCCCCCCCCC. The van der Waals surface area contributed by atoms with E-state index < -0.39 is 74.2 Å². The van der Waals surface area contributed by atoms with Crippen LogP contribution in [0.3, 0.4) is 0 Å². The van der Waals surface area contributed by atoms with Gasteiger partial charge in [-0.1, -0.05) is 345 Å². The molecule has 0 radical (unpaired) electrons. The summed E-state index contributed by atoms with van der Waals surface area (Å²) in [5.41, 5.74) is 0. The molecule has 1 heterocycles. The molecule has 11 heteroatoms. The Morgan fingerprint density at radius 3 is 1.06 bits per heavy atom. The van der Waals surface area contributed by atoms with Gasteiger partial charge in [0.2, 0.25) is 5.91 Å². The van der Waals surface area contributed by atoms with Crippen LogP contribution in [-0.2, 0) is 14.3 Å². The highest BCUT2D eigenvalue weighted by molar-refractivity contribution is 5.80. The molecule has 8 N–H and O–H groups in total. The van der Waals surface area contributed by atoms with Crippen LogP contribution in [0.5, 0.6) is 0 Å². The van der Waals surface area contributed by atoms with Crippen LogP contribution in [-0.4, -0.2) is 110 Å². The zero-order chi connectivity index (χ0) is 65.3. The summed E-state index contributed by atoms with van der Waals surface area (Å²) >= 11 is 0. The van der Waals surface area contributed by atoms with Gasteiger partial charge in [-0.15, -0.1) is 0 Å². The molecule has 1 aliphatic rings. The maximum Gasteiger partial charge on any atom is 0.249 e. The highest BCUT2D eigenvalue weighted by Gasteiger charge is 2.44. The molecule has 0 aliphatic carbocycles. The average molecular weight is 1270 g/mol. The van der Waals surface area contributed by atoms with Crippen LogP contribution < -0.4 is 5.32 Å². The fourth-order valence-electron chi connectivity index (χ4n) is 12.6. The number of aliphatic hydroxyl groups excluding tert-OH is 7. The number of carbonyl (C=O) groups excluding carboxylic acids is 1. The molecule has 0 bridgehead atoms. The van der Waals surface area contributed by atoms with Gasteiger partial charge in [-0.2, -0.15) is 0 Å². The largest absolute Gasteiger partial charge is 0.394 e. The number of ether oxygens (including phenoxy) is 2. The summed E-state index contributed by atoms with van der Waals surface area (Å²) in [4.78, 5) is 13.3. The zero-order valence-electron chi connectivity index (χ0n) is 58.9. The molecule has 0 aromatic rings. The van der Waals surface area contributed by atoms with Crippen molar-refractivity contribution in [3.05, 3.63) is 48.6 Å². The van der Waals surface area contributed by atoms with E-state index >= 15 is 0 Å². The topological polar surface area (TPSA) is 189 Å². The second-order valence-corrected chi connectivity index (χ2v) is 27.4. The van der Waals surface area contributed by atoms with Crippen molar-refractivity contribution in [1.29, 1.82) is 0 Å². The van der Waals surface area contributed by atoms with Gasteiger partial charge in [0.05, 0.1) is 25.4 Å². The van der Waals surface area contributed by atoms with Gasteiger partial charge in [0.1, 0.15) is 36.6 Å². The number of amides is 1. The standard InChI is InChI=1S/C79H149NO10/c1-3-5-7-9-11-13-15-17-19-21-23-25-27-29-31-32-33-34-35-36-37-38-39-41-43-45-47-49-51-53-55-57-59-61-63-65-67-72(83)78(88)80-70(69-89-79-77(87)76(86)75(85)73(68-81)90-79)74(84)71(82)66-64-62-60-58-56-54-52-50-48-46-44-42-40-30-28-26-24-22-20-18-16-14-12-10-8-6-4-2/h31-32,34-35,50,52,58,60,70-77,79,81-87H,3-30,33,36-49,51,53-57,59,61-69H2,1-2H3,(H,80,88)/b32-31-,35-34-,52-50+,60-58+. The van der Waals surface area contributed by atoms with E-state index in [-0.39, 0.29) is 12.8 Å². The van der Waals surface area contributed by atoms with Crippen LogP contribution in [0.15, 0.2) is 48.6 Å². The molecule has 90 heavy (non-hydrogen) atoms. The molecule has 0 aromatic carbocycles. The van der Waals surface area contributed by atoms with Gasteiger partial charge in [-0.25, -0.2) is 0 Å². The van der Waals surface area contributed by atoms with E-state index in [0.29, 0.717) is 19.3 Å². The van der Waals surface area contributed by atoms with Crippen LogP contribution >= 0.6 is 0 Å². The Bertz CT molecular complexity index is 1610. The van der Waals surface area contributed by atoms with E-state index in [1.807, 2.05) is 0 Å². The Morgan fingerprint density at radius 1 is 0.389 bits per heavy atom. The van der Waals surface area contributed by atoms with E-state index in [0.717, 1.165) is 44.9 Å². The molecule has 11 nitrogen and oxygen atoms in total. The van der Waals surface area contributed by atoms with E-state index in [9.17, 15) is 40.5 Å². The normalized spacial score (nSPS) is 18.7. The summed E-state index contributed by atoms with van der Waals surface area (Å²) in [5, 5.41) is 76.6. The fourth-order valence-corrected chi connectivity index (χ4v) is 12.6. The minimum Gasteiger partial charge on any atom is -0.394 e. The highest BCUT2D eigenvalue weighted by Crippen LogP contribution is 2.24. The third-order valence-electron chi connectivity index (χ3n) is 18.8. The minimum atomic E-state index is -1.67. The molecule has 1 saturated heterocycles. The first-order chi connectivity index (χ1) is 44.2. The minimum absolute atomic E-state index is 0.247. The number of hydrogen-bond acceptors (Lipinski definition) is 10. The van der Waals surface area contributed by atoms with Crippen molar-refractivity contribution in [3.63, 3.8) is 0 Å². The second-order valence-electron chi connectivity index (χ2n) is 27.4. The van der Waals surface area contributed by atoms with E-state index in [1.54, 1.807) is 0 Å². The predicted octanol–water partition coefficient (Wildman–Crippen LogP) is 19.9. The Morgan fingerprint density at radius 2 is 0.700 bits per heavy atom. The zero-order valence-corrected chi connectivity index (χ0v) is 58.9. The quantitative estimate of drug-likeness (QED) is 0.0215. The van der Waals surface area contributed by atoms with Crippen molar-refractivity contribution in [2.24, 2.45) is 0 Å². The van der Waals surface area contributed by atoms with Crippen LogP contribution in [0.4, 0.5) is 0 Å². The molecule has 0 aromatic heterocycles. The van der Waals surface area contributed by atoms with Crippen molar-refractivity contribution in [1.82, 2.24) is 5.32 Å². The summed E-state index contributed by atoms with van der Waals surface area (Å²) < 4.78 is 11.2. The summed E-state index contributed by atoms with van der Waals surface area (Å²) in [7, 11) is 0. The van der Waals surface area contributed by atoms with Gasteiger partial charge >= 0.3 is 0 Å². The van der Waals surface area contributed by atoms with Gasteiger partial charge in [0.15, 0.2) is 6.29 Å². The predicted molar refractivity (Wildman–Crippen MR) is 381 cm³/mol. The highest BCUT2D eigenvalue weighted by atomic mass is 16.7. The summed E-state index contributed by atoms with van der Waals surface area (Å²) in [6.07, 6.45) is 78.0. The Balaban J connectivity index is 2.16. The molecular weight excluding hydrogens is 1120 g/mol. The van der Waals surface area contributed by atoms with Crippen LogP contribution in [0.2, 0.25) is 0 Å². The third kappa shape index (κ3) is 53.3. The lowest BCUT2D eigenvalue weighted by molar-refractivity contribution is -0.303. The number of nitrogens with one attached hydrogen (secondary N) is 1. The summed E-state index contributed by atoms with van der Waals surface area (Å²) in [5.74, 6) is -0.705. The van der Waals surface area contributed by atoms with Crippen molar-refractivity contribution in [3.8, 4) is 0 Å². The van der Waals surface area contributed by atoms with Crippen LogP contribution in [0, 0.1) is 0 Å². The maximum atomic E-state index is 13.3. The first-order valence-electron chi connectivity index (χ1n) is 39.0. The first kappa shape index (κ1) is 86.1.